The number of aromatic nitrogens is 4. The molecule has 1 N–H and O–H groups in total. The topological polar surface area (TPSA) is 91.2 Å². The number of imidazole rings is 1. The number of nitrogens with one attached hydrogen (secondary N) is 1. The van der Waals surface area contributed by atoms with Crippen molar-refractivity contribution in [1.82, 2.24) is 19.5 Å². The molecule has 4 aromatic rings. The first-order chi connectivity index (χ1) is 18.9. The van der Waals surface area contributed by atoms with Gasteiger partial charge in [-0.1, -0.05) is 41.4 Å². The molecule has 0 amide bonds. The number of ether oxygens (including phenoxy) is 2. The number of aryl methyl sites for hydroxylation is 1. The van der Waals surface area contributed by atoms with Crippen LogP contribution in [0.2, 0.25) is 5.02 Å². The van der Waals surface area contributed by atoms with Gasteiger partial charge in [-0.3, -0.25) is 0 Å². The van der Waals surface area contributed by atoms with Gasteiger partial charge in [0.1, 0.15) is 17.1 Å². The summed E-state index contributed by atoms with van der Waals surface area (Å²) in [5.41, 5.74) is 4.03. The van der Waals surface area contributed by atoms with Crippen LogP contribution < -0.4 is 10.1 Å². The van der Waals surface area contributed by atoms with Gasteiger partial charge in [0.05, 0.1) is 19.3 Å². The van der Waals surface area contributed by atoms with Gasteiger partial charge in [0.25, 0.3) is 0 Å². The van der Waals surface area contributed by atoms with Gasteiger partial charge in [0.2, 0.25) is 5.82 Å². The van der Waals surface area contributed by atoms with Crippen LogP contribution in [0.5, 0.6) is 5.75 Å². The molecular formula is C30H32ClN5O3. The molecule has 1 aliphatic carbocycles. The van der Waals surface area contributed by atoms with Gasteiger partial charge >= 0.3 is 5.97 Å². The molecular weight excluding hydrogens is 514 g/mol. The number of benzene rings is 2. The summed E-state index contributed by atoms with van der Waals surface area (Å²) in [6.07, 6.45) is 4.87. The second-order valence-electron chi connectivity index (χ2n) is 9.90. The van der Waals surface area contributed by atoms with E-state index in [0.717, 1.165) is 36.0 Å². The molecule has 8 nitrogen and oxygen atoms in total. The molecule has 1 atom stereocenters. The van der Waals surface area contributed by atoms with E-state index >= 15 is 0 Å². The monoisotopic (exact) mass is 545 g/mol. The Kier molecular flexibility index (Phi) is 7.84. The first-order valence-corrected chi connectivity index (χ1v) is 13.5. The molecule has 0 unspecified atom stereocenters. The summed E-state index contributed by atoms with van der Waals surface area (Å²) in [6.45, 7) is 8.94. The normalized spacial score (nSPS) is 13.7. The number of carbonyl (C=O) groups excluding carboxylic acids is 1. The van der Waals surface area contributed by atoms with Crippen molar-refractivity contribution < 1.29 is 14.3 Å². The smallest absolute Gasteiger partial charge is 0.376 e. The van der Waals surface area contributed by atoms with Crippen molar-refractivity contribution in [2.24, 2.45) is 5.92 Å². The van der Waals surface area contributed by atoms with Crippen LogP contribution in [-0.4, -0.2) is 45.2 Å². The third-order valence-electron chi connectivity index (χ3n) is 6.87. The van der Waals surface area contributed by atoms with Crippen molar-refractivity contribution in [1.29, 1.82) is 0 Å². The number of carbonyl (C=O) groups is 1. The van der Waals surface area contributed by atoms with Crippen LogP contribution in [0.15, 0.2) is 55.1 Å². The van der Waals surface area contributed by atoms with Crippen LogP contribution in [0.1, 0.15) is 47.9 Å². The molecule has 39 heavy (non-hydrogen) atoms. The number of nitrogens with zero attached hydrogens (tertiary/aromatic N) is 4. The van der Waals surface area contributed by atoms with E-state index in [0.29, 0.717) is 52.6 Å². The highest BCUT2D eigenvalue weighted by molar-refractivity contribution is 6.30. The van der Waals surface area contributed by atoms with E-state index in [9.17, 15) is 4.79 Å². The van der Waals surface area contributed by atoms with Crippen molar-refractivity contribution in [3.8, 4) is 17.1 Å². The van der Waals surface area contributed by atoms with Gasteiger partial charge < -0.3 is 19.4 Å². The quantitative estimate of drug-likeness (QED) is 0.131. The minimum atomic E-state index is -0.614. The van der Waals surface area contributed by atoms with Crippen molar-refractivity contribution in [3.63, 3.8) is 0 Å². The minimum absolute atomic E-state index is 0.0371. The summed E-state index contributed by atoms with van der Waals surface area (Å²) in [5.74, 6) is 1.83. The molecule has 1 aliphatic rings. The lowest BCUT2D eigenvalue weighted by Gasteiger charge is -2.18. The highest BCUT2D eigenvalue weighted by Crippen LogP contribution is 2.37. The van der Waals surface area contributed by atoms with Crippen LogP contribution >= 0.6 is 11.6 Å². The molecule has 0 saturated heterocycles. The fourth-order valence-corrected chi connectivity index (χ4v) is 4.70. The van der Waals surface area contributed by atoms with Gasteiger partial charge in [0.15, 0.2) is 11.5 Å². The maximum Gasteiger partial charge on any atom is 0.376 e. The maximum atomic E-state index is 12.5. The minimum Gasteiger partial charge on any atom is -0.493 e. The zero-order valence-corrected chi connectivity index (χ0v) is 23.2. The Hall–Kier alpha value is -3.91. The maximum absolute atomic E-state index is 12.5. The number of hydrogen-bond acceptors (Lipinski definition) is 7. The van der Waals surface area contributed by atoms with E-state index in [1.165, 1.54) is 7.11 Å². The SMILES string of the molecule is C=CCCOc1ccc(C)cc1-c1nc2nc(C(=O)OC)nc(N[C@H](C)C3CC3)c2n1Cc1ccc(Cl)cc1. The highest BCUT2D eigenvalue weighted by Gasteiger charge is 2.30. The van der Waals surface area contributed by atoms with Crippen LogP contribution in [0.25, 0.3) is 22.6 Å². The average molecular weight is 546 g/mol. The third-order valence-corrected chi connectivity index (χ3v) is 7.13. The van der Waals surface area contributed by atoms with Gasteiger partial charge in [-0.15, -0.1) is 6.58 Å². The molecule has 2 aromatic heterocycles. The number of methoxy groups -OCH3 is 1. The van der Waals surface area contributed by atoms with Crippen molar-refractivity contribution >= 4 is 34.6 Å². The number of anilines is 1. The molecule has 5 rings (SSSR count). The summed E-state index contributed by atoms with van der Waals surface area (Å²) in [4.78, 5) is 26.6. The predicted octanol–water partition coefficient (Wildman–Crippen LogP) is 6.46. The molecule has 2 aromatic carbocycles. The number of fused-ring (bicyclic) bond motifs is 1. The molecule has 0 bridgehead atoms. The molecule has 202 valence electrons. The highest BCUT2D eigenvalue weighted by atomic mass is 35.5. The molecule has 1 fully saturated rings. The van der Waals surface area contributed by atoms with E-state index < -0.39 is 5.97 Å². The Bertz CT molecular complexity index is 1510. The third kappa shape index (κ3) is 5.91. The van der Waals surface area contributed by atoms with Gasteiger partial charge in [-0.25, -0.2) is 19.7 Å². The predicted molar refractivity (Wildman–Crippen MR) is 154 cm³/mol. The fourth-order valence-electron chi connectivity index (χ4n) is 4.58. The van der Waals surface area contributed by atoms with E-state index in [-0.39, 0.29) is 11.9 Å². The zero-order valence-electron chi connectivity index (χ0n) is 22.4. The lowest BCUT2D eigenvalue weighted by Crippen LogP contribution is -2.21. The largest absolute Gasteiger partial charge is 0.493 e. The van der Waals surface area contributed by atoms with Crippen molar-refractivity contribution in [2.45, 2.75) is 45.7 Å². The standard InChI is InChI=1S/C30H32ClN5O3/c1-5-6-15-39-24-14-7-18(2)16-23(24)29-35-27-25(36(29)17-20-8-12-22(31)13-9-20)26(32-19(3)21-10-11-21)33-28(34-27)30(37)38-4/h5,7-9,12-14,16,19,21H,1,6,10-11,15,17H2,2-4H3,(H,32,33,34)/t19-/m1/s1. The Balaban J connectivity index is 1.74. The van der Waals surface area contributed by atoms with Gasteiger partial charge in [-0.2, -0.15) is 0 Å². The summed E-state index contributed by atoms with van der Waals surface area (Å²) < 4.78 is 13.2. The Labute approximate surface area is 233 Å². The first kappa shape index (κ1) is 26.7. The average Bonchev–Trinajstić information content (AvgIpc) is 3.72. The first-order valence-electron chi connectivity index (χ1n) is 13.1. The van der Waals surface area contributed by atoms with Crippen LogP contribution in [0.4, 0.5) is 5.82 Å². The second kappa shape index (κ2) is 11.5. The Morgan fingerprint density at radius 3 is 2.67 bits per heavy atom. The zero-order chi connectivity index (χ0) is 27.5. The number of esters is 1. The summed E-state index contributed by atoms with van der Waals surface area (Å²) in [6, 6.07) is 13.9. The number of rotatable bonds is 11. The summed E-state index contributed by atoms with van der Waals surface area (Å²) in [7, 11) is 1.32. The molecule has 9 heteroatoms. The molecule has 0 aliphatic heterocycles. The van der Waals surface area contributed by atoms with Crippen LogP contribution in [-0.2, 0) is 11.3 Å². The van der Waals surface area contributed by atoms with Gasteiger partial charge in [-0.05, 0) is 68.9 Å². The lowest BCUT2D eigenvalue weighted by atomic mass is 10.1. The van der Waals surface area contributed by atoms with Crippen molar-refractivity contribution in [2.75, 3.05) is 19.0 Å². The van der Waals surface area contributed by atoms with E-state index in [2.05, 4.69) is 39.4 Å². The molecule has 0 radical (unpaired) electrons. The van der Waals surface area contributed by atoms with Gasteiger partial charge in [0, 0.05) is 17.6 Å². The second-order valence-corrected chi connectivity index (χ2v) is 10.3. The van der Waals surface area contributed by atoms with E-state index in [4.69, 9.17) is 26.1 Å². The molecule has 1 saturated carbocycles. The lowest BCUT2D eigenvalue weighted by molar-refractivity contribution is 0.0587. The van der Waals surface area contributed by atoms with Crippen molar-refractivity contribution in [3.05, 3.63) is 77.1 Å². The fraction of sp³-hybridized carbons (Fsp3) is 0.333. The Morgan fingerprint density at radius 2 is 1.97 bits per heavy atom. The van der Waals surface area contributed by atoms with Crippen LogP contribution in [0, 0.1) is 12.8 Å². The summed E-state index contributed by atoms with van der Waals surface area (Å²) in [5, 5.41) is 4.22. The number of hydrogen-bond donors (Lipinski definition) is 1. The number of halogens is 1. The Morgan fingerprint density at radius 1 is 1.21 bits per heavy atom. The molecule has 0 spiro atoms. The van der Waals surface area contributed by atoms with E-state index in [1.807, 2.05) is 49.4 Å². The molecule has 2 heterocycles. The van der Waals surface area contributed by atoms with Crippen LogP contribution in [0.3, 0.4) is 0 Å². The summed E-state index contributed by atoms with van der Waals surface area (Å²) >= 11 is 6.18. The van der Waals surface area contributed by atoms with E-state index in [1.54, 1.807) is 0 Å².